The van der Waals surface area contributed by atoms with Crippen LogP contribution in [0, 0.1) is 5.92 Å². The molecule has 0 unspecified atom stereocenters. The molecule has 204 valence electrons. The number of nitrogens with zero attached hydrogens (tertiary/aromatic N) is 3. The van der Waals surface area contributed by atoms with Crippen molar-refractivity contribution in [2.75, 3.05) is 18.1 Å². The van der Waals surface area contributed by atoms with Crippen molar-refractivity contribution in [1.82, 2.24) is 15.1 Å². The summed E-state index contributed by atoms with van der Waals surface area (Å²) in [6.07, 6.45) is -3.10. The van der Waals surface area contributed by atoms with Crippen LogP contribution in [0.3, 0.4) is 0 Å². The number of hydrogen-bond acceptors (Lipinski definition) is 5. The number of amides is 2. The van der Waals surface area contributed by atoms with Crippen LogP contribution >= 0.6 is 0 Å². The molecule has 0 radical (unpaired) electrons. The van der Waals surface area contributed by atoms with Crippen LogP contribution in [0.5, 0.6) is 0 Å². The maximum atomic E-state index is 13.9. The van der Waals surface area contributed by atoms with Gasteiger partial charge in [0, 0.05) is 23.6 Å². The summed E-state index contributed by atoms with van der Waals surface area (Å²) in [4.78, 5) is 41.7. The van der Waals surface area contributed by atoms with Crippen molar-refractivity contribution in [2.45, 2.75) is 44.8 Å². The summed E-state index contributed by atoms with van der Waals surface area (Å²) < 4.78 is 46.7. The number of carbonyl (C=O) groups is 3. The van der Waals surface area contributed by atoms with Gasteiger partial charge < -0.3 is 10.1 Å². The van der Waals surface area contributed by atoms with Crippen molar-refractivity contribution in [1.29, 1.82) is 0 Å². The topological polar surface area (TPSA) is 93.5 Å². The SMILES string of the molecule is CCOC(=O)c1nn(-c2ccccc2)c2c1[C@@H](C1CC1)[C@@H](NC(=O)c1cccc(C(F)(F)F)c1)C(=O)N2CC. The molecule has 1 aliphatic carbocycles. The van der Waals surface area contributed by atoms with Gasteiger partial charge in [-0.15, -0.1) is 0 Å². The molecular weight excluding hydrogens is 513 g/mol. The van der Waals surface area contributed by atoms with Crippen molar-refractivity contribution in [3.8, 4) is 5.69 Å². The highest BCUT2D eigenvalue weighted by molar-refractivity contribution is 6.06. The standard InChI is InChI=1S/C28H27F3N4O4/c1-3-34-25-21(23(27(38)39-4-2)33-35(25)19-11-6-5-7-12-19)20(16-13-14-16)22(26(34)37)32-24(36)17-9-8-10-18(15-17)28(29,30)31/h5-12,15-16,20,22H,3-4,13-14H2,1-2H3,(H,32,36)/t20-,22-/m1/s1. The fourth-order valence-electron chi connectivity index (χ4n) is 5.16. The number of anilines is 1. The minimum Gasteiger partial charge on any atom is -0.461 e. The summed E-state index contributed by atoms with van der Waals surface area (Å²) in [6.45, 7) is 3.76. The molecule has 2 heterocycles. The molecule has 1 saturated carbocycles. The first kappa shape index (κ1) is 26.5. The predicted molar refractivity (Wildman–Crippen MR) is 136 cm³/mol. The molecule has 0 bridgehead atoms. The normalized spacial score (nSPS) is 19.0. The number of carbonyl (C=O) groups excluding carboxylic acids is 3. The third-order valence-corrected chi connectivity index (χ3v) is 7.03. The van der Waals surface area contributed by atoms with Gasteiger partial charge in [-0.2, -0.15) is 18.3 Å². The third kappa shape index (κ3) is 4.88. The number of nitrogens with one attached hydrogen (secondary N) is 1. The van der Waals surface area contributed by atoms with Gasteiger partial charge in [-0.3, -0.25) is 14.5 Å². The van der Waals surface area contributed by atoms with Gasteiger partial charge in [-0.05, 0) is 62.9 Å². The molecule has 3 aromatic rings. The second kappa shape index (κ2) is 10.2. The van der Waals surface area contributed by atoms with Crippen molar-refractivity contribution in [2.24, 2.45) is 5.92 Å². The Bertz CT molecular complexity index is 1420. The van der Waals surface area contributed by atoms with Crippen LogP contribution < -0.4 is 10.2 Å². The lowest BCUT2D eigenvalue weighted by atomic mass is 9.82. The van der Waals surface area contributed by atoms with Crippen LogP contribution in [0.1, 0.15) is 64.6 Å². The first-order chi connectivity index (χ1) is 18.7. The number of para-hydroxylation sites is 1. The minimum absolute atomic E-state index is 0.0277. The largest absolute Gasteiger partial charge is 0.461 e. The van der Waals surface area contributed by atoms with Gasteiger partial charge >= 0.3 is 12.1 Å². The molecule has 0 saturated heterocycles. The molecule has 2 aromatic carbocycles. The Morgan fingerprint density at radius 1 is 1.08 bits per heavy atom. The maximum Gasteiger partial charge on any atom is 0.416 e. The van der Waals surface area contributed by atoms with Gasteiger partial charge in [-0.25, -0.2) is 9.48 Å². The van der Waals surface area contributed by atoms with E-state index >= 15 is 0 Å². The summed E-state index contributed by atoms with van der Waals surface area (Å²) in [5.41, 5.74) is 0.00527. The number of aromatic nitrogens is 2. The molecule has 1 fully saturated rings. The summed E-state index contributed by atoms with van der Waals surface area (Å²) >= 11 is 0. The smallest absolute Gasteiger partial charge is 0.416 e. The van der Waals surface area contributed by atoms with Crippen LogP contribution in [0.25, 0.3) is 5.69 Å². The average Bonchev–Trinajstić information content (AvgIpc) is 3.69. The zero-order valence-corrected chi connectivity index (χ0v) is 21.4. The van der Waals surface area contributed by atoms with Crippen LogP contribution in [0.2, 0.25) is 0 Å². The van der Waals surface area contributed by atoms with Gasteiger partial charge in [0.1, 0.15) is 11.9 Å². The van der Waals surface area contributed by atoms with Crippen LogP contribution in [-0.4, -0.2) is 46.8 Å². The molecule has 39 heavy (non-hydrogen) atoms. The molecule has 1 aliphatic heterocycles. The predicted octanol–water partition coefficient (Wildman–Crippen LogP) is 4.73. The molecule has 2 aliphatic rings. The minimum atomic E-state index is -4.62. The van der Waals surface area contributed by atoms with E-state index in [1.165, 1.54) is 11.0 Å². The van der Waals surface area contributed by atoms with Crippen molar-refractivity contribution in [3.05, 3.63) is 77.0 Å². The van der Waals surface area contributed by atoms with E-state index in [0.717, 1.165) is 31.0 Å². The summed E-state index contributed by atoms with van der Waals surface area (Å²) in [7, 11) is 0. The maximum absolute atomic E-state index is 13.9. The van der Waals surface area contributed by atoms with E-state index < -0.39 is 41.5 Å². The average molecular weight is 541 g/mol. The van der Waals surface area contributed by atoms with Gasteiger partial charge in [-0.1, -0.05) is 24.3 Å². The number of hydrogen-bond donors (Lipinski definition) is 1. The first-order valence-corrected chi connectivity index (χ1v) is 12.8. The first-order valence-electron chi connectivity index (χ1n) is 12.8. The van der Waals surface area contributed by atoms with E-state index in [-0.39, 0.29) is 30.3 Å². The second-order valence-corrected chi connectivity index (χ2v) is 9.53. The van der Waals surface area contributed by atoms with E-state index in [1.807, 2.05) is 18.2 Å². The van der Waals surface area contributed by atoms with Crippen molar-refractivity contribution < 1.29 is 32.3 Å². The fraction of sp³-hybridized carbons (Fsp3) is 0.357. The summed E-state index contributed by atoms with van der Waals surface area (Å²) in [5.74, 6) is -2.09. The molecule has 11 heteroatoms. The van der Waals surface area contributed by atoms with E-state index in [9.17, 15) is 27.6 Å². The fourth-order valence-corrected chi connectivity index (χ4v) is 5.16. The van der Waals surface area contributed by atoms with Crippen molar-refractivity contribution in [3.63, 3.8) is 0 Å². The van der Waals surface area contributed by atoms with Gasteiger partial charge in [0.2, 0.25) is 0 Å². The van der Waals surface area contributed by atoms with Crippen LogP contribution in [0.15, 0.2) is 54.6 Å². The summed E-state index contributed by atoms with van der Waals surface area (Å²) in [5, 5.41) is 7.30. The zero-order chi connectivity index (χ0) is 27.9. The number of ether oxygens (including phenoxy) is 1. The number of alkyl halides is 3. The van der Waals surface area contributed by atoms with E-state index in [4.69, 9.17) is 4.74 Å². The molecule has 1 aromatic heterocycles. The molecule has 2 atom stereocenters. The Morgan fingerprint density at radius 2 is 1.79 bits per heavy atom. The second-order valence-electron chi connectivity index (χ2n) is 9.53. The Hall–Kier alpha value is -4.15. The zero-order valence-electron chi connectivity index (χ0n) is 21.4. The highest BCUT2D eigenvalue weighted by atomic mass is 19.4. The number of fused-ring (bicyclic) bond motifs is 1. The Balaban J connectivity index is 1.62. The molecular formula is C28H27F3N4O4. The number of halogens is 3. The third-order valence-electron chi connectivity index (χ3n) is 7.03. The molecule has 5 rings (SSSR count). The quantitative estimate of drug-likeness (QED) is 0.438. The molecule has 1 N–H and O–H groups in total. The lowest BCUT2D eigenvalue weighted by Gasteiger charge is -2.38. The van der Waals surface area contributed by atoms with E-state index in [0.29, 0.717) is 17.1 Å². The highest BCUT2D eigenvalue weighted by Gasteiger charge is 2.52. The monoisotopic (exact) mass is 540 g/mol. The van der Waals surface area contributed by atoms with Gasteiger partial charge in [0.05, 0.1) is 17.9 Å². The van der Waals surface area contributed by atoms with Gasteiger partial charge in [0.25, 0.3) is 11.8 Å². The Morgan fingerprint density at radius 3 is 2.41 bits per heavy atom. The highest BCUT2D eigenvalue weighted by Crippen LogP contribution is 2.51. The van der Waals surface area contributed by atoms with Crippen LogP contribution in [-0.2, 0) is 15.7 Å². The lowest BCUT2D eigenvalue weighted by Crippen LogP contribution is -2.56. The molecule has 0 spiro atoms. The Kier molecular flexibility index (Phi) is 6.92. The molecule has 8 nitrogen and oxygen atoms in total. The number of likely N-dealkylation sites (N-methyl/N-ethyl adjacent to an activating group) is 1. The van der Waals surface area contributed by atoms with Gasteiger partial charge in [0.15, 0.2) is 5.69 Å². The van der Waals surface area contributed by atoms with E-state index in [2.05, 4.69) is 10.4 Å². The molecule has 2 amide bonds. The number of benzene rings is 2. The van der Waals surface area contributed by atoms with Crippen LogP contribution in [0.4, 0.5) is 19.0 Å². The Labute approximate surface area is 222 Å². The number of rotatable bonds is 7. The van der Waals surface area contributed by atoms with E-state index in [1.54, 1.807) is 30.7 Å². The lowest BCUT2D eigenvalue weighted by molar-refractivity contribution is -0.137. The number of esters is 1. The summed E-state index contributed by atoms with van der Waals surface area (Å²) in [6, 6.07) is 12.0. The van der Waals surface area contributed by atoms with Crippen molar-refractivity contribution >= 4 is 23.6 Å².